The summed E-state index contributed by atoms with van der Waals surface area (Å²) in [6, 6.07) is 0. The number of hydrogen-bond acceptors (Lipinski definition) is 1. The van der Waals surface area contributed by atoms with Crippen molar-refractivity contribution in [1.82, 2.24) is 0 Å². The molecule has 0 aromatic heterocycles. The molecule has 0 bridgehead atoms. The third kappa shape index (κ3) is 2.09. The first-order chi connectivity index (χ1) is 5.58. The van der Waals surface area contributed by atoms with E-state index in [0.29, 0.717) is 17.8 Å². The fourth-order valence-electron chi connectivity index (χ4n) is 1.80. The van der Waals surface area contributed by atoms with Crippen LogP contribution in [0.2, 0.25) is 0 Å². The van der Waals surface area contributed by atoms with Crippen molar-refractivity contribution in [1.29, 1.82) is 0 Å². The molecule has 0 fully saturated rings. The number of rotatable bonds is 2. The standard InChI is InChI=1S/C10H15IO/c1-10(2)6-3-4-9(11)8(10)5-7-12/h4,7-8H,3,5-6H2,1-2H3/t8-/m1/s1. The predicted molar refractivity (Wildman–Crippen MR) is 59.3 cm³/mol. The minimum absolute atomic E-state index is 0.312. The van der Waals surface area contributed by atoms with E-state index in [1.165, 1.54) is 16.4 Å². The van der Waals surface area contributed by atoms with Gasteiger partial charge in [0.05, 0.1) is 0 Å². The summed E-state index contributed by atoms with van der Waals surface area (Å²) in [7, 11) is 0. The third-order valence-electron chi connectivity index (χ3n) is 2.74. The van der Waals surface area contributed by atoms with Crippen LogP contribution in [0.3, 0.4) is 0 Å². The maximum absolute atomic E-state index is 10.5. The molecule has 0 unspecified atom stereocenters. The van der Waals surface area contributed by atoms with Crippen molar-refractivity contribution in [2.24, 2.45) is 11.3 Å². The smallest absolute Gasteiger partial charge is 0.120 e. The van der Waals surface area contributed by atoms with Crippen LogP contribution < -0.4 is 0 Å². The fraction of sp³-hybridized carbons (Fsp3) is 0.700. The molecule has 0 aromatic carbocycles. The quantitative estimate of drug-likeness (QED) is 0.559. The summed E-state index contributed by atoms with van der Waals surface area (Å²) in [5.74, 6) is 0.462. The summed E-state index contributed by atoms with van der Waals surface area (Å²) < 4.78 is 1.37. The molecule has 0 N–H and O–H groups in total. The van der Waals surface area contributed by atoms with Gasteiger partial charge in [-0.3, -0.25) is 0 Å². The number of carbonyl (C=O) groups is 1. The summed E-state index contributed by atoms with van der Waals surface area (Å²) in [4.78, 5) is 10.5. The molecule has 0 saturated carbocycles. The van der Waals surface area contributed by atoms with Gasteiger partial charge in [-0.1, -0.05) is 19.9 Å². The average Bonchev–Trinajstić information content (AvgIpc) is 1.97. The van der Waals surface area contributed by atoms with Crippen molar-refractivity contribution in [3.8, 4) is 0 Å². The van der Waals surface area contributed by atoms with E-state index in [4.69, 9.17) is 0 Å². The molecule has 0 aromatic rings. The van der Waals surface area contributed by atoms with Crippen LogP contribution in [0.5, 0.6) is 0 Å². The Kier molecular flexibility index (Phi) is 3.32. The zero-order valence-corrected chi connectivity index (χ0v) is 9.80. The van der Waals surface area contributed by atoms with Crippen LogP contribution in [0, 0.1) is 11.3 Å². The van der Waals surface area contributed by atoms with Crippen LogP contribution in [0.4, 0.5) is 0 Å². The number of halogens is 1. The second kappa shape index (κ2) is 3.90. The monoisotopic (exact) mass is 278 g/mol. The second-order valence-corrected chi connectivity index (χ2v) is 5.32. The van der Waals surface area contributed by atoms with E-state index in [0.717, 1.165) is 6.29 Å². The van der Waals surface area contributed by atoms with Crippen molar-refractivity contribution in [2.75, 3.05) is 0 Å². The van der Waals surface area contributed by atoms with Gasteiger partial charge in [-0.05, 0) is 44.4 Å². The van der Waals surface area contributed by atoms with Gasteiger partial charge in [-0.15, -0.1) is 0 Å². The molecule has 12 heavy (non-hydrogen) atoms. The average molecular weight is 278 g/mol. The number of hydrogen-bond donors (Lipinski definition) is 0. The zero-order chi connectivity index (χ0) is 9.19. The van der Waals surface area contributed by atoms with E-state index in [2.05, 4.69) is 42.5 Å². The van der Waals surface area contributed by atoms with Gasteiger partial charge in [0.2, 0.25) is 0 Å². The molecule has 0 saturated heterocycles. The molecule has 0 radical (unpaired) electrons. The lowest BCUT2D eigenvalue weighted by atomic mass is 9.71. The normalized spacial score (nSPS) is 27.9. The molecular formula is C10H15IO. The van der Waals surface area contributed by atoms with Crippen LogP contribution in [-0.2, 0) is 4.79 Å². The first-order valence-electron chi connectivity index (χ1n) is 4.37. The zero-order valence-electron chi connectivity index (χ0n) is 7.64. The van der Waals surface area contributed by atoms with Gasteiger partial charge >= 0.3 is 0 Å². The summed E-state index contributed by atoms with van der Waals surface area (Å²) in [5, 5.41) is 0. The minimum atomic E-state index is 0.312. The van der Waals surface area contributed by atoms with E-state index in [-0.39, 0.29) is 0 Å². The number of aldehydes is 1. The largest absolute Gasteiger partial charge is 0.303 e. The third-order valence-corrected chi connectivity index (χ3v) is 3.93. The lowest BCUT2D eigenvalue weighted by molar-refractivity contribution is -0.109. The number of allylic oxidation sites excluding steroid dienone is 2. The highest BCUT2D eigenvalue weighted by Crippen LogP contribution is 2.44. The lowest BCUT2D eigenvalue weighted by Crippen LogP contribution is -2.27. The van der Waals surface area contributed by atoms with Crippen molar-refractivity contribution in [2.45, 2.75) is 33.1 Å². The summed E-state index contributed by atoms with van der Waals surface area (Å²) in [5.41, 5.74) is 0.312. The van der Waals surface area contributed by atoms with Gasteiger partial charge in [-0.2, -0.15) is 0 Å². The Morgan fingerprint density at radius 2 is 2.42 bits per heavy atom. The molecule has 1 aliphatic carbocycles. The van der Waals surface area contributed by atoms with Crippen LogP contribution in [-0.4, -0.2) is 6.29 Å². The van der Waals surface area contributed by atoms with E-state index in [9.17, 15) is 4.79 Å². The summed E-state index contributed by atoms with van der Waals surface area (Å²) in [6.45, 7) is 4.51. The Hall–Kier alpha value is 0.140. The van der Waals surface area contributed by atoms with E-state index < -0.39 is 0 Å². The fourth-order valence-corrected chi connectivity index (χ4v) is 3.21. The Bertz CT molecular complexity index is 206. The maximum Gasteiger partial charge on any atom is 0.120 e. The lowest BCUT2D eigenvalue weighted by Gasteiger charge is -2.36. The highest BCUT2D eigenvalue weighted by molar-refractivity contribution is 14.1. The first-order valence-corrected chi connectivity index (χ1v) is 5.45. The molecule has 1 atom stereocenters. The van der Waals surface area contributed by atoms with Crippen LogP contribution in [0.25, 0.3) is 0 Å². The molecule has 0 aliphatic heterocycles. The Balaban J connectivity index is 2.80. The number of carbonyl (C=O) groups excluding carboxylic acids is 1. The van der Waals surface area contributed by atoms with Crippen molar-refractivity contribution < 1.29 is 4.79 Å². The van der Waals surface area contributed by atoms with Gasteiger partial charge < -0.3 is 4.79 Å². The Morgan fingerprint density at radius 1 is 1.75 bits per heavy atom. The SMILES string of the molecule is CC1(C)CCC=C(I)[C@H]1CC=O. The van der Waals surface area contributed by atoms with E-state index in [1.807, 2.05) is 0 Å². The maximum atomic E-state index is 10.5. The van der Waals surface area contributed by atoms with Crippen LogP contribution in [0.15, 0.2) is 9.66 Å². The first kappa shape index (κ1) is 10.2. The van der Waals surface area contributed by atoms with Crippen LogP contribution in [0.1, 0.15) is 33.1 Å². The molecule has 1 aliphatic rings. The molecule has 0 spiro atoms. The van der Waals surface area contributed by atoms with Crippen molar-refractivity contribution in [3.63, 3.8) is 0 Å². The highest BCUT2D eigenvalue weighted by Gasteiger charge is 2.32. The summed E-state index contributed by atoms with van der Waals surface area (Å²) >= 11 is 2.37. The van der Waals surface area contributed by atoms with Crippen molar-refractivity contribution in [3.05, 3.63) is 9.66 Å². The van der Waals surface area contributed by atoms with Gasteiger partial charge in [0, 0.05) is 12.3 Å². The van der Waals surface area contributed by atoms with Crippen LogP contribution >= 0.6 is 22.6 Å². The van der Waals surface area contributed by atoms with Gasteiger partial charge in [0.15, 0.2) is 0 Å². The molecule has 1 rings (SSSR count). The van der Waals surface area contributed by atoms with E-state index in [1.54, 1.807) is 0 Å². The molecule has 1 nitrogen and oxygen atoms in total. The summed E-state index contributed by atoms with van der Waals surface area (Å²) in [6.07, 6.45) is 6.37. The minimum Gasteiger partial charge on any atom is -0.303 e. The van der Waals surface area contributed by atoms with Gasteiger partial charge in [0.1, 0.15) is 6.29 Å². The highest BCUT2D eigenvalue weighted by atomic mass is 127. The van der Waals surface area contributed by atoms with Gasteiger partial charge in [-0.25, -0.2) is 0 Å². The molecule has 68 valence electrons. The molecular weight excluding hydrogens is 263 g/mol. The molecule has 0 heterocycles. The Morgan fingerprint density at radius 3 is 2.92 bits per heavy atom. The topological polar surface area (TPSA) is 17.1 Å². The Labute approximate surface area is 87.8 Å². The predicted octanol–water partition coefficient (Wildman–Crippen LogP) is 3.33. The van der Waals surface area contributed by atoms with Crippen molar-refractivity contribution >= 4 is 28.9 Å². The van der Waals surface area contributed by atoms with Gasteiger partial charge in [0.25, 0.3) is 0 Å². The second-order valence-electron chi connectivity index (χ2n) is 4.07. The molecule has 0 amide bonds. The van der Waals surface area contributed by atoms with E-state index >= 15 is 0 Å². The molecule has 2 heteroatoms.